The topological polar surface area (TPSA) is 29.5 Å². The molecule has 0 aromatic heterocycles. The molecule has 1 aliphatic rings. The van der Waals surface area contributed by atoms with Crippen molar-refractivity contribution in [2.75, 3.05) is 0 Å². The minimum atomic E-state index is -0.349. The van der Waals surface area contributed by atoms with Crippen molar-refractivity contribution in [2.24, 2.45) is 0 Å². The molecule has 0 heterocycles. The molecule has 0 fully saturated rings. The largest absolute Gasteiger partial charge is 0.489 e. The normalized spacial score (nSPS) is 17.6. The van der Waals surface area contributed by atoms with Crippen LogP contribution in [0, 0.1) is 0 Å². The lowest BCUT2D eigenvalue weighted by molar-refractivity contribution is 0.155. The van der Waals surface area contributed by atoms with Crippen LogP contribution in [0.25, 0.3) is 0 Å². The second-order valence-electron chi connectivity index (χ2n) is 5.15. The van der Waals surface area contributed by atoms with E-state index in [1.807, 2.05) is 42.5 Å². The number of benzene rings is 2. The minimum Gasteiger partial charge on any atom is -0.489 e. The number of aliphatic hydroxyl groups excluding tert-OH is 1. The lowest BCUT2D eigenvalue weighted by Gasteiger charge is -2.23. The standard InChI is InChI=1S/C17H17ClO2/c18-13-9-7-12(8-10-13)11-20-17-6-2-3-14-15(17)4-1-5-16(14)19/h2-3,6-10,16,19H,1,4-5,11H2. The molecule has 3 heteroatoms. The molecule has 2 aromatic carbocycles. The van der Waals surface area contributed by atoms with Crippen LogP contribution in [-0.4, -0.2) is 5.11 Å². The number of hydrogen-bond acceptors (Lipinski definition) is 2. The fourth-order valence-electron chi connectivity index (χ4n) is 2.67. The number of ether oxygens (including phenoxy) is 1. The number of aliphatic hydroxyl groups is 1. The van der Waals surface area contributed by atoms with Crippen molar-refractivity contribution in [3.05, 3.63) is 64.2 Å². The molecule has 0 spiro atoms. The van der Waals surface area contributed by atoms with Crippen LogP contribution >= 0.6 is 11.6 Å². The van der Waals surface area contributed by atoms with Gasteiger partial charge in [-0.15, -0.1) is 0 Å². The zero-order valence-electron chi connectivity index (χ0n) is 11.2. The summed E-state index contributed by atoms with van der Waals surface area (Å²) in [6, 6.07) is 13.6. The van der Waals surface area contributed by atoms with Gasteiger partial charge < -0.3 is 9.84 Å². The van der Waals surface area contributed by atoms with Crippen molar-refractivity contribution in [3.8, 4) is 5.75 Å². The summed E-state index contributed by atoms with van der Waals surface area (Å²) in [5.74, 6) is 0.885. The molecule has 0 amide bonds. The van der Waals surface area contributed by atoms with Gasteiger partial charge >= 0.3 is 0 Å². The molecule has 1 N–H and O–H groups in total. The molecule has 104 valence electrons. The summed E-state index contributed by atoms with van der Waals surface area (Å²) in [5, 5.41) is 10.8. The molecular formula is C17H17ClO2. The summed E-state index contributed by atoms with van der Waals surface area (Å²) in [6.07, 6.45) is 2.48. The first-order valence-corrected chi connectivity index (χ1v) is 7.29. The molecule has 2 aromatic rings. The molecule has 0 saturated heterocycles. The highest BCUT2D eigenvalue weighted by Gasteiger charge is 2.20. The predicted octanol–water partition coefficient (Wildman–Crippen LogP) is 4.29. The third-order valence-electron chi connectivity index (χ3n) is 3.74. The first-order chi connectivity index (χ1) is 9.74. The lowest BCUT2D eigenvalue weighted by Crippen LogP contribution is -2.11. The van der Waals surface area contributed by atoms with Crippen LogP contribution in [0.2, 0.25) is 5.02 Å². The Labute approximate surface area is 124 Å². The molecule has 0 saturated carbocycles. The van der Waals surface area contributed by atoms with Gasteiger partial charge in [-0.3, -0.25) is 0 Å². The van der Waals surface area contributed by atoms with Crippen molar-refractivity contribution in [1.82, 2.24) is 0 Å². The van der Waals surface area contributed by atoms with Gasteiger partial charge in [0.05, 0.1) is 6.10 Å². The van der Waals surface area contributed by atoms with Crippen LogP contribution in [0.1, 0.15) is 35.6 Å². The van der Waals surface area contributed by atoms with E-state index in [9.17, 15) is 5.11 Å². The molecule has 2 nitrogen and oxygen atoms in total. The molecule has 0 bridgehead atoms. The SMILES string of the molecule is OC1CCCc2c(OCc3ccc(Cl)cc3)cccc21. The van der Waals surface area contributed by atoms with E-state index in [4.69, 9.17) is 16.3 Å². The Morgan fingerprint density at radius 1 is 1.15 bits per heavy atom. The number of rotatable bonds is 3. The number of fused-ring (bicyclic) bond motifs is 1. The Kier molecular flexibility index (Phi) is 3.95. The molecular weight excluding hydrogens is 272 g/mol. The van der Waals surface area contributed by atoms with Crippen LogP contribution in [0.4, 0.5) is 0 Å². The molecule has 0 radical (unpaired) electrons. The Hall–Kier alpha value is -1.51. The van der Waals surface area contributed by atoms with E-state index in [2.05, 4.69) is 0 Å². The van der Waals surface area contributed by atoms with Gasteiger partial charge in [0.2, 0.25) is 0 Å². The summed E-state index contributed by atoms with van der Waals surface area (Å²) < 4.78 is 5.92. The maximum atomic E-state index is 10.0. The summed E-state index contributed by atoms with van der Waals surface area (Å²) >= 11 is 5.87. The van der Waals surface area contributed by atoms with Gasteiger partial charge in [-0.25, -0.2) is 0 Å². The average Bonchev–Trinajstić information content (AvgIpc) is 2.47. The predicted molar refractivity (Wildman–Crippen MR) is 80.1 cm³/mol. The minimum absolute atomic E-state index is 0.349. The summed E-state index contributed by atoms with van der Waals surface area (Å²) in [4.78, 5) is 0. The van der Waals surface area contributed by atoms with Crippen LogP contribution < -0.4 is 4.74 Å². The monoisotopic (exact) mass is 288 g/mol. The smallest absolute Gasteiger partial charge is 0.123 e. The van der Waals surface area contributed by atoms with Crippen molar-refractivity contribution in [3.63, 3.8) is 0 Å². The van der Waals surface area contributed by atoms with Crippen LogP contribution in [0.5, 0.6) is 5.75 Å². The van der Waals surface area contributed by atoms with E-state index in [0.29, 0.717) is 6.61 Å². The Balaban J connectivity index is 1.78. The van der Waals surface area contributed by atoms with Gasteiger partial charge in [-0.2, -0.15) is 0 Å². The van der Waals surface area contributed by atoms with Gasteiger partial charge in [0, 0.05) is 5.02 Å². The Bertz CT molecular complexity index is 592. The number of halogens is 1. The van der Waals surface area contributed by atoms with Crippen LogP contribution in [0.3, 0.4) is 0 Å². The third-order valence-corrected chi connectivity index (χ3v) is 3.99. The quantitative estimate of drug-likeness (QED) is 0.913. The first-order valence-electron chi connectivity index (χ1n) is 6.91. The summed E-state index contributed by atoms with van der Waals surface area (Å²) in [6.45, 7) is 0.518. The van der Waals surface area contributed by atoms with Gasteiger partial charge in [0.1, 0.15) is 12.4 Å². The molecule has 3 rings (SSSR count). The Morgan fingerprint density at radius 2 is 1.95 bits per heavy atom. The van der Waals surface area contributed by atoms with E-state index < -0.39 is 0 Å². The van der Waals surface area contributed by atoms with Crippen molar-refractivity contribution >= 4 is 11.6 Å². The highest BCUT2D eigenvalue weighted by Crippen LogP contribution is 2.35. The average molecular weight is 289 g/mol. The van der Waals surface area contributed by atoms with Gasteiger partial charge in [0.25, 0.3) is 0 Å². The van der Waals surface area contributed by atoms with Crippen molar-refractivity contribution in [2.45, 2.75) is 32.0 Å². The van der Waals surface area contributed by atoms with Crippen LogP contribution in [-0.2, 0) is 13.0 Å². The van der Waals surface area contributed by atoms with Crippen molar-refractivity contribution in [1.29, 1.82) is 0 Å². The maximum Gasteiger partial charge on any atom is 0.123 e. The van der Waals surface area contributed by atoms with Crippen molar-refractivity contribution < 1.29 is 9.84 Å². The molecule has 1 aliphatic carbocycles. The highest BCUT2D eigenvalue weighted by atomic mass is 35.5. The van der Waals surface area contributed by atoms with E-state index in [1.54, 1.807) is 0 Å². The second kappa shape index (κ2) is 5.86. The fraction of sp³-hybridized carbons (Fsp3) is 0.294. The first kappa shape index (κ1) is 13.5. The zero-order chi connectivity index (χ0) is 13.9. The van der Waals surface area contributed by atoms with E-state index >= 15 is 0 Å². The zero-order valence-corrected chi connectivity index (χ0v) is 11.9. The van der Waals surface area contributed by atoms with Gasteiger partial charge in [-0.05, 0) is 54.2 Å². The van der Waals surface area contributed by atoms with Gasteiger partial charge in [-0.1, -0.05) is 35.9 Å². The second-order valence-corrected chi connectivity index (χ2v) is 5.58. The molecule has 1 unspecified atom stereocenters. The molecule has 1 atom stereocenters. The highest BCUT2D eigenvalue weighted by molar-refractivity contribution is 6.30. The fourth-order valence-corrected chi connectivity index (χ4v) is 2.79. The third kappa shape index (κ3) is 2.82. The summed E-state index contributed by atoms with van der Waals surface area (Å²) in [5.41, 5.74) is 3.26. The van der Waals surface area contributed by atoms with E-state index in [0.717, 1.165) is 46.7 Å². The molecule has 0 aliphatic heterocycles. The lowest BCUT2D eigenvalue weighted by atomic mass is 9.89. The van der Waals surface area contributed by atoms with Gasteiger partial charge in [0.15, 0.2) is 0 Å². The number of hydrogen-bond donors (Lipinski definition) is 1. The molecule has 20 heavy (non-hydrogen) atoms. The van der Waals surface area contributed by atoms with E-state index in [1.165, 1.54) is 0 Å². The maximum absolute atomic E-state index is 10.0. The summed E-state index contributed by atoms with van der Waals surface area (Å²) in [7, 11) is 0. The van der Waals surface area contributed by atoms with E-state index in [-0.39, 0.29) is 6.10 Å². The van der Waals surface area contributed by atoms with Crippen LogP contribution in [0.15, 0.2) is 42.5 Å². The Morgan fingerprint density at radius 3 is 2.75 bits per heavy atom.